The van der Waals surface area contributed by atoms with Gasteiger partial charge in [0.15, 0.2) is 11.5 Å². The molecule has 0 spiro atoms. The van der Waals surface area contributed by atoms with Gasteiger partial charge in [0, 0.05) is 41.5 Å². The van der Waals surface area contributed by atoms with E-state index in [9.17, 15) is 4.79 Å². The van der Waals surface area contributed by atoms with E-state index in [1.807, 2.05) is 12.1 Å². The van der Waals surface area contributed by atoms with Gasteiger partial charge in [-0.2, -0.15) is 0 Å². The Morgan fingerprint density at radius 2 is 1.73 bits per heavy atom. The van der Waals surface area contributed by atoms with Gasteiger partial charge in [0.1, 0.15) is 6.61 Å². The van der Waals surface area contributed by atoms with Gasteiger partial charge in [-0.25, -0.2) is 0 Å². The predicted octanol–water partition coefficient (Wildman–Crippen LogP) is 5.50. The molecule has 0 aromatic heterocycles. The molecule has 2 aromatic carbocycles. The summed E-state index contributed by atoms with van der Waals surface area (Å²) in [7, 11) is 1.60. The molecule has 162 valence electrons. The van der Waals surface area contributed by atoms with E-state index in [0.717, 1.165) is 12.1 Å². The molecule has 2 aromatic rings. The molecule has 0 aliphatic carbocycles. The summed E-state index contributed by atoms with van der Waals surface area (Å²) in [5, 5.41) is 3.51. The summed E-state index contributed by atoms with van der Waals surface area (Å²) < 4.78 is 11.4. The number of amides is 1. The first kappa shape index (κ1) is 23.8. The molecule has 0 atom stereocenters. The van der Waals surface area contributed by atoms with E-state index in [0.29, 0.717) is 40.9 Å². The Balaban J connectivity index is 2.00. The summed E-state index contributed by atoms with van der Waals surface area (Å²) in [5.41, 5.74) is 1.54. The van der Waals surface area contributed by atoms with Crippen molar-refractivity contribution < 1.29 is 14.3 Å². The van der Waals surface area contributed by atoms with Gasteiger partial charge < -0.3 is 14.8 Å². The van der Waals surface area contributed by atoms with E-state index in [-0.39, 0.29) is 5.91 Å². The van der Waals surface area contributed by atoms with Gasteiger partial charge in [-0.3, -0.25) is 9.69 Å². The smallest absolute Gasteiger partial charge is 0.248 e. The van der Waals surface area contributed by atoms with Crippen LogP contribution < -0.4 is 14.8 Å². The van der Waals surface area contributed by atoms with Crippen LogP contribution in [0.25, 0.3) is 6.08 Å². The minimum atomic E-state index is -0.230. The maximum absolute atomic E-state index is 12.3. The van der Waals surface area contributed by atoms with E-state index in [1.54, 1.807) is 43.5 Å². The summed E-state index contributed by atoms with van der Waals surface area (Å²) in [6, 6.07) is 13.5. The topological polar surface area (TPSA) is 50.8 Å². The third-order valence-electron chi connectivity index (χ3n) is 4.66. The number of ether oxygens (including phenoxy) is 2. The van der Waals surface area contributed by atoms with Crippen LogP contribution in [0.4, 0.5) is 5.69 Å². The number of carbonyl (C=O) groups excluding carboxylic acids is 1. The number of carbonyl (C=O) groups is 1. The van der Waals surface area contributed by atoms with Crippen molar-refractivity contribution in [1.82, 2.24) is 4.90 Å². The van der Waals surface area contributed by atoms with Crippen molar-refractivity contribution in [3.05, 3.63) is 59.1 Å². The monoisotopic (exact) mass is 430 g/mol. The van der Waals surface area contributed by atoms with Crippen molar-refractivity contribution in [2.45, 2.75) is 39.8 Å². The number of benzene rings is 2. The molecular formula is C24H31ClN2O3. The highest BCUT2D eigenvalue weighted by Crippen LogP contribution is 2.30. The van der Waals surface area contributed by atoms with Gasteiger partial charge in [0.05, 0.1) is 7.11 Å². The summed E-state index contributed by atoms with van der Waals surface area (Å²) >= 11 is 5.88. The molecule has 0 fully saturated rings. The molecule has 2 rings (SSSR count). The molecular weight excluding hydrogens is 400 g/mol. The van der Waals surface area contributed by atoms with E-state index in [2.05, 4.69) is 37.9 Å². The lowest BCUT2D eigenvalue weighted by Crippen LogP contribution is -2.39. The SMILES string of the molecule is COc1ccc(NC(=O)/C=C/c2ccc(Cl)cc2)cc1OCCN(C(C)C)C(C)C. The Morgan fingerprint density at radius 3 is 2.33 bits per heavy atom. The van der Waals surface area contributed by atoms with Gasteiger partial charge in [-0.05, 0) is 63.6 Å². The van der Waals surface area contributed by atoms with Gasteiger partial charge in [-0.1, -0.05) is 23.7 Å². The molecule has 0 radical (unpaired) electrons. The average Bonchev–Trinajstić information content (AvgIpc) is 2.70. The summed E-state index contributed by atoms with van der Waals surface area (Å²) in [6.07, 6.45) is 3.22. The number of methoxy groups -OCH3 is 1. The van der Waals surface area contributed by atoms with Crippen LogP contribution in [0.3, 0.4) is 0 Å². The molecule has 0 aliphatic rings. The van der Waals surface area contributed by atoms with Gasteiger partial charge >= 0.3 is 0 Å². The average molecular weight is 431 g/mol. The second-order valence-corrected chi connectivity index (χ2v) is 7.95. The summed E-state index contributed by atoms with van der Waals surface area (Å²) in [6.45, 7) is 10.0. The fraction of sp³-hybridized carbons (Fsp3) is 0.375. The third-order valence-corrected chi connectivity index (χ3v) is 4.91. The second-order valence-electron chi connectivity index (χ2n) is 7.51. The fourth-order valence-corrected chi connectivity index (χ4v) is 3.30. The first-order valence-electron chi connectivity index (χ1n) is 10.1. The van der Waals surface area contributed by atoms with Crippen molar-refractivity contribution in [3.8, 4) is 11.5 Å². The van der Waals surface area contributed by atoms with Crippen LogP contribution in [0.2, 0.25) is 5.02 Å². The van der Waals surface area contributed by atoms with Crippen LogP contribution in [-0.4, -0.2) is 43.2 Å². The molecule has 5 nitrogen and oxygen atoms in total. The van der Waals surface area contributed by atoms with Crippen LogP contribution in [0, 0.1) is 0 Å². The lowest BCUT2D eigenvalue weighted by atomic mass is 10.2. The van der Waals surface area contributed by atoms with Crippen molar-refractivity contribution in [1.29, 1.82) is 0 Å². The van der Waals surface area contributed by atoms with Crippen molar-refractivity contribution >= 4 is 29.3 Å². The van der Waals surface area contributed by atoms with Gasteiger partial charge in [0.25, 0.3) is 0 Å². The molecule has 0 heterocycles. The molecule has 0 saturated carbocycles. The minimum Gasteiger partial charge on any atom is -0.493 e. The van der Waals surface area contributed by atoms with E-state index >= 15 is 0 Å². The number of hydrogen-bond donors (Lipinski definition) is 1. The van der Waals surface area contributed by atoms with Crippen LogP contribution in [0.5, 0.6) is 11.5 Å². The Bertz CT molecular complexity index is 840. The lowest BCUT2D eigenvalue weighted by molar-refractivity contribution is -0.111. The van der Waals surface area contributed by atoms with Gasteiger partial charge in [-0.15, -0.1) is 0 Å². The number of halogens is 1. The predicted molar refractivity (Wildman–Crippen MR) is 125 cm³/mol. The zero-order valence-electron chi connectivity index (χ0n) is 18.3. The van der Waals surface area contributed by atoms with Crippen molar-refractivity contribution in [2.75, 3.05) is 25.6 Å². The first-order chi connectivity index (χ1) is 14.3. The van der Waals surface area contributed by atoms with Crippen molar-refractivity contribution in [3.63, 3.8) is 0 Å². The fourth-order valence-electron chi connectivity index (χ4n) is 3.17. The number of nitrogens with one attached hydrogen (secondary N) is 1. The second kappa shape index (κ2) is 11.6. The highest BCUT2D eigenvalue weighted by Gasteiger charge is 2.14. The molecule has 30 heavy (non-hydrogen) atoms. The number of nitrogens with zero attached hydrogens (tertiary/aromatic N) is 1. The largest absolute Gasteiger partial charge is 0.493 e. The Hall–Kier alpha value is -2.50. The van der Waals surface area contributed by atoms with Crippen LogP contribution in [-0.2, 0) is 4.79 Å². The Morgan fingerprint density at radius 1 is 1.07 bits per heavy atom. The molecule has 6 heteroatoms. The third kappa shape index (κ3) is 7.39. The number of hydrogen-bond acceptors (Lipinski definition) is 4. The quantitative estimate of drug-likeness (QED) is 0.506. The number of rotatable bonds is 10. The maximum Gasteiger partial charge on any atom is 0.248 e. The highest BCUT2D eigenvalue weighted by atomic mass is 35.5. The first-order valence-corrected chi connectivity index (χ1v) is 10.5. The Kier molecular flexibility index (Phi) is 9.21. The summed E-state index contributed by atoms with van der Waals surface area (Å²) in [4.78, 5) is 14.6. The lowest BCUT2D eigenvalue weighted by Gasteiger charge is -2.30. The van der Waals surface area contributed by atoms with E-state index in [1.165, 1.54) is 6.08 Å². The standard InChI is InChI=1S/C24H31ClN2O3/c1-17(2)27(18(3)4)14-15-30-23-16-21(11-12-22(23)29-5)26-24(28)13-8-19-6-9-20(25)10-7-19/h6-13,16-18H,14-15H2,1-5H3,(H,26,28)/b13-8+. The van der Waals surface area contributed by atoms with Crippen LogP contribution in [0.15, 0.2) is 48.5 Å². The molecule has 0 saturated heterocycles. The summed E-state index contributed by atoms with van der Waals surface area (Å²) in [5.74, 6) is 1.00. The van der Waals surface area contributed by atoms with Crippen LogP contribution >= 0.6 is 11.6 Å². The minimum absolute atomic E-state index is 0.230. The highest BCUT2D eigenvalue weighted by molar-refractivity contribution is 6.30. The Labute approximate surface area is 184 Å². The molecule has 0 unspecified atom stereocenters. The molecule has 1 amide bonds. The van der Waals surface area contributed by atoms with E-state index < -0.39 is 0 Å². The maximum atomic E-state index is 12.3. The number of anilines is 1. The molecule has 0 bridgehead atoms. The molecule has 1 N–H and O–H groups in total. The van der Waals surface area contributed by atoms with Crippen LogP contribution in [0.1, 0.15) is 33.3 Å². The zero-order valence-corrected chi connectivity index (χ0v) is 19.1. The zero-order chi connectivity index (χ0) is 22.1. The normalized spacial score (nSPS) is 11.5. The van der Waals surface area contributed by atoms with Crippen molar-refractivity contribution in [2.24, 2.45) is 0 Å². The molecule has 0 aliphatic heterocycles. The van der Waals surface area contributed by atoms with Gasteiger partial charge in [0.2, 0.25) is 5.91 Å². The van der Waals surface area contributed by atoms with E-state index in [4.69, 9.17) is 21.1 Å².